The standard InChI is InChI=1S/C15H24N4O2/c1-5-12-14(19(20)21)13(6-2)18(17-12)10-8-7-9-15(3,4)11-16/h5-10H2,1-4H3. The van der Waals surface area contributed by atoms with Gasteiger partial charge in [-0.3, -0.25) is 14.8 Å². The number of aryl methyl sites for hydroxylation is 2. The van der Waals surface area contributed by atoms with Crippen molar-refractivity contribution in [1.29, 1.82) is 5.26 Å². The first-order valence-electron chi connectivity index (χ1n) is 7.50. The maximum Gasteiger partial charge on any atom is 0.313 e. The number of nitrogens with zero attached hydrogens (tertiary/aromatic N) is 4. The lowest BCUT2D eigenvalue weighted by Gasteiger charge is -2.14. The Morgan fingerprint density at radius 3 is 2.48 bits per heavy atom. The zero-order valence-corrected chi connectivity index (χ0v) is 13.3. The van der Waals surface area contributed by atoms with Crippen molar-refractivity contribution < 1.29 is 4.92 Å². The predicted molar refractivity (Wildman–Crippen MR) is 80.9 cm³/mol. The second-order valence-electron chi connectivity index (χ2n) is 5.88. The third-order valence-corrected chi connectivity index (χ3v) is 3.68. The summed E-state index contributed by atoms with van der Waals surface area (Å²) in [6.07, 6.45) is 3.79. The van der Waals surface area contributed by atoms with Crippen molar-refractivity contribution in [3.63, 3.8) is 0 Å². The summed E-state index contributed by atoms with van der Waals surface area (Å²) in [6.45, 7) is 8.33. The van der Waals surface area contributed by atoms with Crippen LogP contribution >= 0.6 is 0 Å². The van der Waals surface area contributed by atoms with Gasteiger partial charge < -0.3 is 0 Å². The molecule has 1 aromatic heterocycles. The Balaban J connectivity index is 2.76. The van der Waals surface area contributed by atoms with Crippen LogP contribution in [0.5, 0.6) is 0 Å². The van der Waals surface area contributed by atoms with Gasteiger partial charge in [-0.1, -0.05) is 20.3 Å². The van der Waals surface area contributed by atoms with Crippen LogP contribution in [0.1, 0.15) is 58.3 Å². The lowest BCUT2D eigenvalue weighted by molar-refractivity contribution is -0.386. The van der Waals surface area contributed by atoms with Gasteiger partial charge in [0, 0.05) is 6.54 Å². The summed E-state index contributed by atoms with van der Waals surface area (Å²) < 4.78 is 1.77. The van der Waals surface area contributed by atoms with Crippen LogP contribution in [-0.2, 0) is 19.4 Å². The lowest BCUT2D eigenvalue weighted by Crippen LogP contribution is -2.09. The highest BCUT2D eigenvalue weighted by Crippen LogP contribution is 2.26. The molecule has 0 N–H and O–H groups in total. The number of rotatable bonds is 8. The number of aromatic nitrogens is 2. The normalized spacial score (nSPS) is 11.4. The molecule has 6 nitrogen and oxygen atoms in total. The molecule has 0 fully saturated rings. The third-order valence-electron chi connectivity index (χ3n) is 3.68. The number of nitriles is 1. The van der Waals surface area contributed by atoms with E-state index in [1.807, 2.05) is 27.7 Å². The van der Waals surface area contributed by atoms with Gasteiger partial charge in [0.2, 0.25) is 0 Å². The summed E-state index contributed by atoms with van der Waals surface area (Å²) in [5.41, 5.74) is 1.14. The summed E-state index contributed by atoms with van der Waals surface area (Å²) >= 11 is 0. The van der Waals surface area contributed by atoms with E-state index in [9.17, 15) is 10.1 Å². The SMILES string of the molecule is CCc1nn(CCCCC(C)(C)C#N)c(CC)c1[N+](=O)[O-]. The van der Waals surface area contributed by atoms with Crippen molar-refractivity contribution in [3.8, 4) is 6.07 Å². The zero-order chi connectivity index (χ0) is 16.0. The second kappa shape index (κ2) is 7.21. The summed E-state index contributed by atoms with van der Waals surface area (Å²) in [5, 5.41) is 24.6. The van der Waals surface area contributed by atoms with E-state index in [-0.39, 0.29) is 16.0 Å². The van der Waals surface area contributed by atoms with Crippen molar-refractivity contribution in [2.75, 3.05) is 0 Å². The van der Waals surface area contributed by atoms with Crippen molar-refractivity contribution in [2.24, 2.45) is 5.41 Å². The van der Waals surface area contributed by atoms with Gasteiger partial charge in [-0.2, -0.15) is 10.4 Å². The quantitative estimate of drug-likeness (QED) is 0.416. The largest absolute Gasteiger partial charge is 0.313 e. The van der Waals surface area contributed by atoms with Crippen LogP contribution in [0.15, 0.2) is 0 Å². The molecule has 0 spiro atoms. The Labute approximate surface area is 125 Å². The average Bonchev–Trinajstić information content (AvgIpc) is 2.81. The molecular weight excluding hydrogens is 268 g/mol. The minimum Gasteiger partial charge on any atom is -0.262 e. The fourth-order valence-corrected chi connectivity index (χ4v) is 2.41. The van der Waals surface area contributed by atoms with Gasteiger partial charge in [-0.05, 0) is 39.5 Å². The molecule has 0 saturated heterocycles. The highest BCUT2D eigenvalue weighted by Gasteiger charge is 2.25. The van der Waals surface area contributed by atoms with Crippen molar-refractivity contribution in [3.05, 3.63) is 21.5 Å². The van der Waals surface area contributed by atoms with Crippen LogP contribution < -0.4 is 0 Å². The summed E-state index contributed by atoms with van der Waals surface area (Å²) in [5.74, 6) is 0. The maximum absolute atomic E-state index is 11.2. The van der Waals surface area contributed by atoms with Crippen LogP contribution in [0, 0.1) is 26.9 Å². The molecule has 0 aliphatic carbocycles. The van der Waals surface area contributed by atoms with Crippen molar-refractivity contribution in [2.45, 2.75) is 66.3 Å². The number of nitro groups is 1. The van der Waals surface area contributed by atoms with Crippen molar-refractivity contribution in [1.82, 2.24) is 9.78 Å². The summed E-state index contributed by atoms with van der Waals surface area (Å²) in [4.78, 5) is 10.9. The lowest BCUT2D eigenvalue weighted by atomic mass is 9.89. The Kier molecular flexibility index (Phi) is 5.89. The zero-order valence-electron chi connectivity index (χ0n) is 13.3. The van der Waals surface area contributed by atoms with Crippen molar-refractivity contribution >= 4 is 5.69 Å². The average molecular weight is 292 g/mol. The number of unbranched alkanes of at least 4 members (excludes halogenated alkanes) is 1. The molecule has 0 bridgehead atoms. The first-order chi connectivity index (χ1) is 9.86. The molecule has 0 radical (unpaired) electrons. The summed E-state index contributed by atoms with van der Waals surface area (Å²) in [6, 6.07) is 2.29. The van der Waals surface area contributed by atoms with Crippen LogP contribution in [0.25, 0.3) is 0 Å². The van der Waals surface area contributed by atoms with Gasteiger partial charge >= 0.3 is 5.69 Å². The van der Waals surface area contributed by atoms with Gasteiger partial charge in [0.05, 0.1) is 16.4 Å². The molecule has 116 valence electrons. The first kappa shape index (κ1) is 17.2. The minimum absolute atomic E-state index is 0.178. The molecule has 0 aliphatic rings. The van der Waals surface area contributed by atoms with E-state index in [0.717, 1.165) is 19.3 Å². The van der Waals surface area contributed by atoms with Gasteiger partial charge in [-0.15, -0.1) is 0 Å². The molecule has 0 unspecified atom stereocenters. The van der Waals surface area contributed by atoms with Gasteiger partial charge in [0.15, 0.2) is 0 Å². The first-order valence-corrected chi connectivity index (χ1v) is 7.50. The Morgan fingerprint density at radius 2 is 2.00 bits per heavy atom. The smallest absolute Gasteiger partial charge is 0.262 e. The van der Waals surface area contributed by atoms with Gasteiger partial charge in [-0.25, -0.2) is 0 Å². The predicted octanol–water partition coefficient (Wildman–Crippen LogP) is 3.64. The fourth-order valence-electron chi connectivity index (χ4n) is 2.41. The number of hydrogen-bond donors (Lipinski definition) is 0. The van der Waals surface area contributed by atoms with E-state index in [0.29, 0.717) is 30.8 Å². The maximum atomic E-state index is 11.2. The molecular formula is C15H24N4O2. The molecule has 1 aromatic rings. The molecule has 1 rings (SSSR count). The van der Waals surface area contributed by atoms with E-state index in [2.05, 4.69) is 11.2 Å². The fraction of sp³-hybridized carbons (Fsp3) is 0.733. The van der Waals surface area contributed by atoms with E-state index in [1.54, 1.807) is 4.68 Å². The topological polar surface area (TPSA) is 84.8 Å². The van der Waals surface area contributed by atoms with E-state index < -0.39 is 0 Å². The van der Waals surface area contributed by atoms with E-state index in [4.69, 9.17) is 5.26 Å². The Bertz CT molecular complexity index is 541. The number of hydrogen-bond acceptors (Lipinski definition) is 4. The van der Waals surface area contributed by atoms with E-state index >= 15 is 0 Å². The Morgan fingerprint density at radius 1 is 1.33 bits per heavy atom. The molecule has 1 heterocycles. The second-order valence-corrected chi connectivity index (χ2v) is 5.88. The summed E-state index contributed by atoms with van der Waals surface area (Å²) in [7, 11) is 0. The molecule has 0 aromatic carbocycles. The molecule has 0 amide bonds. The molecule has 6 heteroatoms. The monoisotopic (exact) mass is 292 g/mol. The molecule has 0 atom stereocenters. The molecule has 0 aliphatic heterocycles. The highest BCUT2D eigenvalue weighted by molar-refractivity contribution is 5.41. The Hall–Kier alpha value is -1.90. The molecule has 21 heavy (non-hydrogen) atoms. The van der Waals surface area contributed by atoms with E-state index in [1.165, 1.54) is 0 Å². The van der Waals surface area contributed by atoms with Crippen LogP contribution in [-0.4, -0.2) is 14.7 Å². The molecule has 0 saturated carbocycles. The van der Waals surface area contributed by atoms with Gasteiger partial charge in [0.1, 0.15) is 11.4 Å². The third kappa shape index (κ3) is 4.28. The van der Waals surface area contributed by atoms with Crippen LogP contribution in [0.4, 0.5) is 5.69 Å². The highest BCUT2D eigenvalue weighted by atomic mass is 16.6. The van der Waals surface area contributed by atoms with Crippen LogP contribution in [0.3, 0.4) is 0 Å². The van der Waals surface area contributed by atoms with Gasteiger partial charge in [0.25, 0.3) is 0 Å². The van der Waals surface area contributed by atoms with Crippen LogP contribution in [0.2, 0.25) is 0 Å². The minimum atomic E-state index is -0.319.